The summed E-state index contributed by atoms with van der Waals surface area (Å²) in [5.41, 5.74) is 2.47. The minimum absolute atomic E-state index is 0.344. The summed E-state index contributed by atoms with van der Waals surface area (Å²) in [6.07, 6.45) is 1.09. The lowest BCUT2D eigenvalue weighted by Gasteiger charge is -2.28. The number of nitrogens with one attached hydrogen (secondary N) is 1. The first kappa shape index (κ1) is 20.8. The van der Waals surface area contributed by atoms with Gasteiger partial charge in [-0.1, -0.05) is 24.3 Å². The topological polar surface area (TPSA) is 75.7 Å². The second-order valence-corrected chi connectivity index (χ2v) is 8.17. The van der Waals surface area contributed by atoms with Crippen molar-refractivity contribution in [2.45, 2.75) is 33.4 Å². The van der Waals surface area contributed by atoms with Gasteiger partial charge in [0.25, 0.3) is 0 Å². The van der Waals surface area contributed by atoms with Crippen LogP contribution in [0.4, 0.5) is 5.69 Å². The van der Waals surface area contributed by atoms with Crippen LogP contribution in [-0.2, 0) is 21.4 Å². The van der Waals surface area contributed by atoms with Crippen molar-refractivity contribution < 1.29 is 17.9 Å². The minimum Gasteiger partial charge on any atom is -0.494 e. The zero-order chi connectivity index (χ0) is 20.0. The summed E-state index contributed by atoms with van der Waals surface area (Å²) in [5.74, 6) is 0.281. The molecule has 0 heterocycles. The summed E-state index contributed by atoms with van der Waals surface area (Å²) >= 11 is 0. The van der Waals surface area contributed by atoms with Crippen LogP contribution in [0.15, 0.2) is 48.5 Å². The molecule has 7 heteroatoms. The summed E-state index contributed by atoms with van der Waals surface area (Å²) in [4.78, 5) is 12.6. The van der Waals surface area contributed by atoms with Crippen LogP contribution >= 0.6 is 0 Å². The summed E-state index contributed by atoms with van der Waals surface area (Å²) in [6, 6.07) is 13.5. The van der Waals surface area contributed by atoms with E-state index in [0.717, 1.165) is 21.7 Å². The molecule has 0 bridgehead atoms. The maximum Gasteiger partial charge on any atom is 0.243 e. The van der Waals surface area contributed by atoms with Gasteiger partial charge in [-0.2, -0.15) is 0 Å². The molecule has 0 aromatic heterocycles. The van der Waals surface area contributed by atoms with Gasteiger partial charge < -0.3 is 10.1 Å². The summed E-state index contributed by atoms with van der Waals surface area (Å²) in [6.45, 7) is 6.28. The average Bonchev–Trinajstić information content (AvgIpc) is 2.61. The third-order valence-corrected chi connectivity index (χ3v) is 5.45. The Morgan fingerprint density at radius 1 is 1.15 bits per heavy atom. The van der Waals surface area contributed by atoms with Crippen molar-refractivity contribution in [1.29, 1.82) is 0 Å². The van der Waals surface area contributed by atoms with E-state index in [2.05, 4.69) is 5.32 Å². The maximum absolute atomic E-state index is 12.6. The molecule has 0 saturated carbocycles. The fraction of sp³-hybridized carbons (Fsp3) is 0.350. The molecule has 0 unspecified atom stereocenters. The third-order valence-electron chi connectivity index (χ3n) is 4.21. The smallest absolute Gasteiger partial charge is 0.243 e. The average molecular weight is 391 g/mol. The van der Waals surface area contributed by atoms with Gasteiger partial charge in [0.1, 0.15) is 11.8 Å². The lowest BCUT2D eigenvalue weighted by molar-refractivity contribution is -0.122. The van der Waals surface area contributed by atoms with Crippen molar-refractivity contribution in [2.24, 2.45) is 0 Å². The second kappa shape index (κ2) is 8.90. The van der Waals surface area contributed by atoms with Gasteiger partial charge in [-0.3, -0.25) is 9.10 Å². The van der Waals surface area contributed by atoms with E-state index in [0.29, 0.717) is 24.6 Å². The van der Waals surface area contributed by atoms with Crippen LogP contribution in [0.1, 0.15) is 25.0 Å². The number of hydrogen-bond acceptors (Lipinski definition) is 4. The first-order valence-electron chi connectivity index (χ1n) is 8.78. The van der Waals surface area contributed by atoms with Crippen molar-refractivity contribution in [2.75, 3.05) is 17.2 Å². The van der Waals surface area contributed by atoms with Crippen LogP contribution in [0.3, 0.4) is 0 Å². The number of ether oxygens (including phenoxy) is 1. The van der Waals surface area contributed by atoms with E-state index in [-0.39, 0.29) is 5.91 Å². The van der Waals surface area contributed by atoms with Gasteiger partial charge >= 0.3 is 0 Å². The van der Waals surface area contributed by atoms with E-state index in [4.69, 9.17) is 4.74 Å². The molecule has 0 aliphatic rings. The quantitative estimate of drug-likeness (QED) is 0.752. The van der Waals surface area contributed by atoms with E-state index in [9.17, 15) is 13.2 Å². The zero-order valence-electron chi connectivity index (χ0n) is 16.1. The van der Waals surface area contributed by atoms with E-state index in [1.54, 1.807) is 31.2 Å². The highest BCUT2D eigenvalue weighted by atomic mass is 32.2. The Balaban J connectivity index is 2.18. The number of nitrogens with zero attached hydrogens (tertiary/aromatic N) is 1. The van der Waals surface area contributed by atoms with Crippen molar-refractivity contribution in [3.63, 3.8) is 0 Å². The molecule has 0 radical (unpaired) electrons. The van der Waals surface area contributed by atoms with Crippen LogP contribution in [0, 0.1) is 6.92 Å². The molecular weight excluding hydrogens is 364 g/mol. The Hall–Kier alpha value is -2.54. The molecule has 2 aromatic carbocycles. The molecule has 0 saturated heterocycles. The van der Waals surface area contributed by atoms with Crippen LogP contribution in [0.5, 0.6) is 5.75 Å². The highest BCUT2D eigenvalue weighted by molar-refractivity contribution is 7.92. The molecule has 0 fully saturated rings. The molecule has 2 aromatic rings. The predicted molar refractivity (Wildman–Crippen MR) is 107 cm³/mol. The lowest BCUT2D eigenvalue weighted by Crippen LogP contribution is -2.47. The molecule has 0 aliphatic carbocycles. The Labute approximate surface area is 161 Å². The highest BCUT2D eigenvalue weighted by Gasteiger charge is 2.29. The number of sulfonamides is 1. The van der Waals surface area contributed by atoms with Gasteiger partial charge in [-0.25, -0.2) is 8.42 Å². The van der Waals surface area contributed by atoms with Gasteiger partial charge in [0, 0.05) is 6.54 Å². The van der Waals surface area contributed by atoms with Crippen LogP contribution in [0.2, 0.25) is 0 Å². The molecule has 1 atom stereocenters. The predicted octanol–water partition coefficient (Wildman–Crippen LogP) is 2.86. The molecule has 0 aliphatic heterocycles. The number of rotatable bonds is 8. The Morgan fingerprint density at radius 2 is 1.78 bits per heavy atom. The van der Waals surface area contributed by atoms with E-state index in [1.807, 2.05) is 38.1 Å². The SMILES string of the molecule is CCOc1ccc(N([C@@H](C)C(=O)NCc2ccccc2C)S(C)(=O)=O)cc1. The second-order valence-electron chi connectivity index (χ2n) is 6.31. The Morgan fingerprint density at radius 3 is 2.33 bits per heavy atom. The molecule has 6 nitrogen and oxygen atoms in total. The van der Waals surface area contributed by atoms with E-state index >= 15 is 0 Å². The Bertz CT molecular complexity index is 879. The monoisotopic (exact) mass is 390 g/mol. The lowest BCUT2D eigenvalue weighted by atomic mass is 10.1. The van der Waals surface area contributed by atoms with Gasteiger partial charge in [0.2, 0.25) is 15.9 Å². The van der Waals surface area contributed by atoms with Gasteiger partial charge in [-0.05, 0) is 56.2 Å². The fourth-order valence-electron chi connectivity index (χ4n) is 2.80. The number of benzene rings is 2. The first-order valence-corrected chi connectivity index (χ1v) is 10.6. The molecule has 146 valence electrons. The largest absolute Gasteiger partial charge is 0.494 e. The van der Waals surface area contributed by atoms with Crippen LogP contribution in [-0.4, -0.2) is 33.2 Å². The van der Waals surface area contributed by atoms with Crippen molar-refractivity contribution >= 4 is 21.6 Å². The number of carbonyl (C=O) groups is 1. The number of hydrogen-bond donors (Lipinski definition) is 1. The fourth-order valence-corrected chi connectivity index (χ4v) is 3.98. The molecular formula is C20H26N2O4S. The van der Waals surface area contributed by atoms with Gasteiger partial charge in [-0.15, -0.1) is 0 Å². The maximum atomic E-state index is 12.6. The minimum atomic E-state index is -3.65. The standard InChI is InChI=1S/C20H26N2O4S/c1-5-26-19-12-10-18(11-13-19)22(27(4,24)25)16(3)20(23)21-14-17-9-7-6-8-15(17)2/h6-13,16H,5,14H2,1-4H3,(H,21,23)/t16-/m0/s1. The number of carbonyl (C=O) groups excluding carboxylic acids is 1. The van der Waals surface area contributed by atoms with Crippen molar-refractivity contribution in [1.82, 2.24) is 5.32 Å². The van der Waals surface area contributed by atoms with E-state index in [1.165, 1.54) is 0 Å². The molecule has 1 amide bonds. The Kier molecular flexibility index (Phi) is 6.85. The van der Waals surface area contributed by atoms with Gasteiger partial charge in [0.05, 0.1) is 18.6 Å². The summed E-state index contributed by atoms with van der Waals surface area (Å²) < 4.78 is 31.2. The molecule has 27 heavy (non-hydrogen) atoms. The number of anilines is 1. The summed E-state index contributed by atoms with van der Waals surface area (Å²) in [5, 5.41) is 2.82. The molecule has 0 spiro atoms. The summed E-state index contributed by atoms with van der Waals surface area (Å²) in [7, 11) is -3.65. The van der Waals surface area contributed by atoms with Crippen molar-refractivity contribution in [3.05, 3.63) is 59.7 Å². The number of aryl methyl sites for hydroxylation is 1. The van der Waals surface area contributed by atoms with Crippen molar-refractivity contribution in [3.8, 4) is 5.75 Å². The first-order chi connectivity index (χ1) is 12.7. The highest BCUT2D eigenvalue weighted by Crippen LogP contribution is 2.24. The molecule has 1 N–H and O–H groups in total. The van der Waals surface area contributed by atoms with Gasteiger partial charge in [0.15, 0.2) is 0 Å². The zero-order valence-corrected chi connectivity index (χ0v) is 16.9. The number of amides is 1. The van der Waals surface area contributed by atoms with Crippen LogP contribution in [0.25, 0.3) is 0 Å². The normalized spacial score (nSPS) is 12.3. The van der Waals surface area contributed by atoms with Crippen LogP contribution < -0.4 is 14.4 Å². The molecule has 2 rings (SSSR count). The third kappa shape index (κ3) is 5.47. The van der Waals surface area contributed by atoms with E-state index < -0.39 is 16.1 Å².